The number of halogens is 1. The molecule has 0 atom stereocenters. The Morgan fingerprint density at radius 1 is 1.07 bits per heavy atom. The Balaban J connectivity index is 1.65. The van der Waals surface area contributed by atoms with Crippen molar-refractivity contribution in [3.63, 3.8) is 0 Å². The Morgan fingerprint density at radius 3 is 2.52 bits per heavy atom. The third-order valence-electron chi connectivity index (χ3n) is 4.47. The molecule has 0 unspecified atom stereocenters. The monoisotopic (exact) mass is 402 g/mol. The van der Waals surface area contributed by atoms with Gasteiger partial charge in [-0.05, 0) is 53.9 Å². The second kappa shape index (κ2) is 6.56. The van der Waals surface area contributed by atoms with Gasteiger partial charge in [-0.2, -0.15) is 0 Å². The van der Waals surface area contributed by atoms with Crippen molar-refractivity contribution in [1.29, 1.82) is 0 Å². The van der Waals surface area contributed by atoms with Gasteiger partial charge in [0.15, 0.2) is 0 Å². The molecule has 0 saturated carbocycles. The van der Waals surface area contributed by atoms with E-state index in [0.717, 1.165) is 16.0 Å². The number of rotatable bonds is 3. The molecule has 8 heteroatoms. The van der Waals surface area contributed by atoms with E-state index in [-0.39, 0.29) is 16.6 Å². The van der Waals surface area contributed by atoms with Crippen LogP contribution >= 0.6 is 11.3 Å². The average Bonchev–Trinajstić information content (AvgIpc) is 3.28. The van der Waals surface area contributed by atoms with Crippen LogP contribution in [0.1, 0.15) is 15.2 Å². The minimum atomic E-state index is -3.84. The first-order valence-electron chi connectivity index (χ1n) is 8.16. The summed E-state index contributed by atoms with van der Waals surface area (Å²) in [4.78, 5) is 15.9. The van der Waals surface area contributed by atoms with Crippen molar-refractivity contribution < 1.29 is 17.6 Å². The van der Waals surface area contributed by atoms with Crippen molar-refractivity contribution in [2.45, 2.75) is 11.3 Å². The number of fused-ring (bicyclic) bond motifs is 1. The Morgan fingerprint density at radius 2 is 1.81 bits per heavy atom. The predicted octanol–water partition coefficient (Wildman–Crippen LogP) is 3.40. The number of carbonyl (C=O) groups excluding carboxylic acids is 1. The zero-order valence-electron chi connectivity index (χ0n) is 14.1. The number of anilines is 1. The SMILES string of the molecule is NS(=O)(=O)c1ccc2c(c1)N(C(=O)c1ccc(-c3ccc(F)cc3)s1)CC2. The zero-order chi connectivity index (χ0) is 19.2. The molecule has 138 valence electrons. The van der Waals surface area contributed by atoms with E-state index in [9.17, 15) is 17.6 Å². The van der Waals surface area contributed by atoms with Crippen LogP contribution in [0.4, 0.5) is 10.1 Å². The topological polar surface area (TPSA) is 80.5 Å². The third-order valence-corrected chi connectivity index (χ3v) is 6.50. The van der Waals surface area contributed by atoms with Crippen LogP contribution in [0.5, 0.6) is 0 Å². The maximum Gasteiger partial charge on any atom is 0.268 e. The normalized spacial score (nSPS) is 13.6. The number of hydrogen-bond acceptors (Lipinski definition) is 4. The van der Waals surface area contributed by atoms with Crippen molar-refractivity contribution >= 4 is 33.0 Å². The summed E-state index contributed by atoms with van der Waals surface area (Å²) in [7, 11) is -3.84. The van der Waals surface area contributed by atoms with Gasteiger partial charge in [-0.25, -0.2) is 17.9 Å². The van der Waals surface area contributed by atoms with Gasteiger partial charge in [0.1, 0.15) is 5.82 Å². The molecule has 1 aliphatic heterocycles. The molecule has 0 spiro atoms. The largest absolute Gasteiger partial charge is 0.307 e. The van der Waals surface area contributed by atoms with Crippen LogP contribution in [0.3, 0.4) is 0 Å². The predicted molar refractivity (Wildman–Crippen MR) is 103 cm³/mol. The summed E-state index contributed by atoms with van der Waals surface area (Å²) >= 11 is 1.31. The van der Waals surface area contributed by atoms with Gasteiger partial charge < -0.3 is 4.90 Å². The molecule has 0 radical (unpaired) electrons. The molecule has 1 amide bonds. The highest BCUT2D eigenvalue weighted by atomic mass is 32.2. The standard InChI is InChI=1S/C19H15FN2O3S2/c20-14-4-1-13(2-5-14)17-7-8-18(26-17)19(23)22-10-9-12-3-6-15(11-16(12)22)27(21,24)25/h1-8,11H,9-10H2,(H2,21,24,25). The van der Waals surface area contributed by atoms with Gasteiger partial charge in [0.05, 0.1) is 9.77 Å². The minimum absolute atomic E-state index is 0.0147. The van der Waals surface area contributed by atoms with Gasteiger partial charge in [-0.15, -0.1) is 11.3 Å². The van der Waals surface area contributed by atoms with Gasteiger partial charge in [0, 0.05) is 17.1 Å². The van der Waals surface area contributed by atoms with E-state index >= 15 is 0 Å². The second-order valence-electron chi connectivity index (χ2n) is 6.21. The quantitative estimate of drug-likeness (QED) is 0.729. The van der Waals surface area contributed by atoms with E-state index in [0.29, 0.717) is 23.5 Å². The van der Waals surface area contributed by atoms with E-state index in [2.05, 4.69) is 0 Å². The molecule has 0 saturated heterocycles. The molecule has 2 N–H and O–H groups in total. The van der Waals surface area contributed by atoms with Crippen LogP contribution in [0.25, 0.3) is 10.4 Å². The van der Waals surface area contributed by atoms with Crippen LogP contribution in [-0.4, -0.2) is 20.9 Å². The van der Waals surface area contributed by atoms with Crippen molar-refractivity contribution in [2.24, 2.45) is 5.14 Å². The van der Waals surface area contributed by atoms with Crippen molar-refractivity contribution in [3.05, 3.63) is 70.9 Å². The van der Waals surface area contributed by atoms with Crippen molar-refractivity contribution in [2.75, 3.05) is 11.4 Å². The molecule has 1 aliphatic rings. The zero-order valence-corrected chi connectivity index (χ0v) is 15.7. The molecule has 27 heavy (non-hydrogen) atoms. The third kappa shape index (κ3) is 3.39. The van der Waals surface area contributed by atoms with Gasteiger partial charge in [0.25, 0.3) is 5.91 Å². The number of amides is 1. The molecule has 4 rings (SSSR count). The van der Waals surface area contributed by atoms with Gasteiger partial charge >= 0.3 is 0 Å². The number of hydrogen-bond donors (Lipinski definition) is 1. The highest BCUT2D eigenvalue weighted by molar-refractivity contribution is 7.89. The number of benzene rings is 2. The van der Waals surface area contributed by atoms with E-state index in [1.807, 2.05) is 6.07 Å². The van der Waals surface area contributed by atoms with Gasteiger partial charge in [-0.1, -0.05) is 18.2 Å². The Kier molecular flexibility index (Phi) is 4.33. The van der Waals surface area contributed by atoms with Gasteiger partial charge in [0.2, 0.25) is 10.0 Å². The van der Waals surface area contributed by atoms with Crippen LogP contribution in [0, 0.1) is 5.82 Å². The molecule has 2 aromatic carbocycles. The lowest BCUT2D eigenvalue weighted by atomic mass is 10.2. The molecular weight excluding hydrogens is 387 g/mol. The number of nitrogens with two attached hydrogens (primary N) is 1. The van der Waals surface area contributed by atoms with Gasteiger partial charge in [-0.3, -0.25) is 4.79 Å². The number of carbonyl (C=O) groups is 1. The van der Waals surface area contributed by atoms with Crippen LogP contribution in [-0.2, 0) is 16.4 Å². The fourth-order valence-corrected chi connectivity index (χ4v) is 4.60. The van der Waals surface area contributed by atoms with E-state index < -0.39 is 10.0 Å². The number of primary sulfonamides is 1. The number of sulfonamides is 1. The van der Waals surface area contributed by atoms with Crippen molar-refractivity contribution in [1.82, 2.24) is 0 Å². The van der Waals surface area contributed by atoms with E-state index in [4.69, 9.17) is 5.14 Å². The summed E-state index contributed by atoms with van der Waals surface area (Å²) in [5.41, 5.74) is 2.31. The smallest absolute Gasteiger partial charge is 0.268 e. The fourth-order valence-electron chi connectivity index (χ4n) is 3.10. The van der Waals surface area contributed by atoms with E-state index in [1.54, 1.807) is 29.2 Å². The molecule has 0 fully saturated rings. The summed E-state index contributed by atoms with van der Waals surface area (Å²) in [5.74, 6) is -0.510. The summed E-state index contributed by atoms with van der Waals surface area (Å²) in [6, 6.07) is 14.2. The van der Waals surface area contributed by atoms with Crippen LogP contribution in [0.2, 0.25) is 0 Å². The highest BCUT2D eigenvalue weighted by Gasteiger charge is 2.28. The fraction of sp³-hybridized carbons (Fsp3) is 0.105. The van der Waals surface area contributed by atoms with Crippen LogP contribution in [0.15, 0.2) is 59.5 Å². The summed E-state index contributed by atoms with van der Waals surface area (Å²) < 4.78 is 36.3. The first-order chi connectivity index (χ1) is 12.8. The molecule has 2 heterocycles. The highest BCUT2D eigenvalue weighted by Crippen LogP contribution is 2.34. The number of nitrogens with zero attached hydrogens (tertiary/aromatic N) is 1. The summed E-state index contributed by atoms with van der Waals surface area (Å²) in [5, 5.41) is 5.21. The first-order valence-corrected chi connectivity index (χ1v) is 10.5. The van der Waals surface area contributed by atoms with Crippen LogP contribution < -0.4 is 10.0 Å². The molecule has 0 bridgehead atoms. The first kappa shape index (κ1) is 17.8. The minimum Gasteiger partial charge on any atom is -0.307 e. The average molecular weight is 402 g/mol. The molecular formula is C19H15FN2O3S2. The Labute approximate surface area is 159 Å². The maximum atomic E-state index is 13.1. The Bertz CT molecular complexity index is 1140. The van der Waals surface area contributed by atoms with E-state index in [1.165, 1.54) is 35.6 Å². The lowest BCUT2D eigenvalue weighted by Crippen LogP contribution is -2.28. The molecule has 0 aliphatic carbocycles. The lowest BCUT2D eigenvalue weighted by Gasteiger charge is -2.17. The molecule has 3 aromatic rings. The molecule has 1 aromatic heterocycles. The second-order valence-corrected chi connectivity index (χ2v) is 8.86. The summed E-state index contributed by atoms with van der Waals surface area (Å²) in [6.45, 7) is 0.478. The maximum absolute atomic E-state index is 13.1. The van der Waals surface area contributed by atoms with Crippen molar-refractivity contribution in [3.8, 4) is 10.4 Å². The lowest BCUT2D eigenvalue weighted by molar-refractivity contribution is 0.0993. The molecule has 5 nitrogen and oxygen atoms in total. The summed E-state index contributed by atoms with van der Waals surface area (Å²) in [6.07, 6.45) is 0.655. The Hall–Kier alpha value is -2.55. The number of thiophene rings is 1.